The van der Waals surface area contributed by atoms with E-state index < -0.39 is 0 Å². The molecule has 0 fully saturated rings. The molecule has 3 rings (SSSR count). The van der Waals surface area contributed by atoms with Gasteiger partial charge in [-0.2, -0.15) is 5.10 Å². The zero-order valence-corrected chi connectivity index (χ0v) is 13.4. The Kier molecular flexibility index (Phi) is 3.63. The Balaban J connectivity index is 1.78. The minimum Gasteiger partial charge on any atom is -0.329 e. The monoisotopic (exact) mass is 301 g/mol. The summed E-state index contributed by atoms with van der Waals surface area (Å²) in [7, 11) is 0. The van der Waals surface area contributed by atoms with E-state index in [4.69, 9.17) is 12.2 Å². The maximum Gasteiger partial charge on any atom is 0.179 e. The molecule has 110 valence electrons. The van der Waals surface area contributed by atoms with Gasteiger partial charge in [0.2, 0.25) is 0 Å². The molecule has 0 saturated carbocycles. The van der Waals surface area contributed by atoms with Crippen LogP contribution in [0.15, 0.2) is 18.3 Å². The van der Waals surface area contributed by atoms with Crippen molar-refractivity contribution in [3.8, 4) is 0 Å². The van der Waals surface area contributed by atoms with E-state index in [9.17, 15) is 0 Å². The molecule has 0 aromatic carbocycles. The summed E-state index contributed by atoms with van der Waals surface area (Å²) in [6, 6.07) is 4.18. The van der Waals surface area contributed by atoms with Gasteiger partial charge in [-0.15, -0.1) is 0 Å². The SMILES string of the molecule is Cc1cnc2c(c1)[nH]c(=S)n2CCCn1nc(C)cc1C. The molecule has 0 saturated heterocycles. The fourth-order valence-corrected chi connectivity index (χ4v) is 2.92. The molecule has 5 nitrogen and oxygen atoms in total. The number of nitrogens with one attached hydrogen (secondary N) is 1. The van der Waals surface area contributed by atoms with Crippen molar-refractivity contribution >= 4 is 23.4 Å². The lowest BCUT2D eigenvalue weighted by Crippen LogP contribution is -2.07. The molecule has 6 heteroatoms. The van der Waals surface area contributed by atoms with Crippen molar-refractivity contribution in [2.75, 3.05) is 0 Å². The molecule has 21 heavy (non-hydrogen) atoms. The van der Waals surface area contributed by atoms with Crippen LogP contribution in [-0.4, -0.2) is 24.3 Å². The van der Waals surface area contributed by atoms with Crippen LogP contribution in [0.2, 0.25) is 0 Å². The zero-order valence-electron chi connectivity index (χ0n) is 12.6. The van der Waals surface area contributed by atoms with Crippen LogP contribution in [0.4, 0.5) is 0 Å². The van der Waals surface area contributed by atoms with Gasteiger partial charge in [-0.25, -0.2) is 4.98 Å². The Bertz CT molecular complexity index is 839. The predicted molar refractivity (Wildman–Crippen MR) is 86.0 cm³/mol. The van der Waals surface area contributed by atoms with Gasteiger partial charge < -0.3 is 9.55 Å². The third-order valence-corrected chi connectivity index (χ3v) is 3.92. The molecule has 3 heterocycles. The summed E-state index contributed by atoms with van der Waals surface area (Å²) in [6.07, 6.45) is 2.85. The largest absolute Gasteiger partial charge is 0.329 e. The highest BCUT2D eigenvalue weighted by Crippen LogP contribution is 2.14. The zero-order chi connectivity index (χ0) is 15.0. The Morgan fingerprint density at radius 1 is 1.19 bits per heavy atom. The van der Waals surface area contributed by atoms with Gasteiger partial charge in [0.15, 0.2) is 10.4 Å². The lowest BCUT2D eigenvalue weighted by atomic mass is 10.3. The first-order valence-corrected chi connectivity index (χ1v) is 7.51. The van der Waals surface area contributed by atoms with Crippen molar-refractivity contribution < 1.29 is 0 Å². The normalized spacial score (nSPS) is 11.4. The molecule has 0 radical (unpaired) electrons. The van der Waals surface area contributed by atoms with E-state index in [1.54, 1.807) is 0 Å². The maximum atomic E-state index is 5.40. The van der Waals surface area contributed by atoms with E-state index in [0.717, 1.165) is 46.7 Å². The highest BCUT2D eigenvalue weighted by atomic mass is 32.1. The molecule has 0 unspecified atom stereocenters. The number of rotatable bonds is 4. The Hall–Kier alpha value is -1.95. The van der Waals surface area contributed by atoms with E-state index in [1.165, 1.54) is 5.69 Å². The molecular weight excluding hydrogens is 282 g/mol. The summed E-state index contributed by atoms with van der Waals surface area (Å²) < 4.78 is 4.85. The second-order valence-corrected chi connectivity index (χ2v) is 5.86. The fraction of sp³-hybridized carbons (Fsp3) is 0.400. The Morgan fingerprint density at radius 2 is 2.00 bits per heavy atom. The third-order valence-electron chi connectivity index (χ3n) is 3.60. The number of hydrogen-bond donors (Lipinski definition) is 1. The number of pyridine rings is 1. The highest BCUT2D eigenvalue weighted by Gasteiger charge is 2.06. The number of aryl methyl sites for hydroxylation is 5. The molecule has 1 N–H and O–H groups in total. The first-order valence-electron chi connectivity index (χ1n) is 7.11. The number of nitrogens with zero attached hydrogens (tertiary/aromatic N) is 4. The van der Waals surface area contributed by atoms with Crippen LogP contribution in [0.5, 0.6) is 0 Å². The number of fused-ring (bicyclic) bond motifs is 1. The van der Waals surface area contributed by atoms with E-state index >= 15 is 0 Å². The van der Waals surface area contributed by atoms with Gasteiger partial charge >= 0.3 is 0 Å². The van der Waals surface area contributed by atoms with E-state index in [-0.39, 0.29) is 0 Å². The summed E-state index contributed by atoms with van der Waals surface area (Å²) in [5.74, 6) is 0. The third kappa shape index (κ3) is 2.76. The van der Waals surface area contributed by atoms with Gasteiger partial charge in [0.1, 0.15) is 0 Å². The van der Waals surface area contributed by atoms with Crippen molar-refractivity contribution in [3.05, 3.63) is 40.1 Å². The second kappa shape index (κ2) is 5.44. The van der Waals surface area contributed by atoms with Crippen LogP contribution in [0.1, 0.15) is 23.4 Å². The maximum absolute atomic E-state index is 5.40. The van der Waals surface area contributed by atoms with Crippen molar-refractivity contribution in [2.45, 2.75) is 40.3 Å². The van der Waals surface area contributed by atoms with Crippen LogP contribution in [0.3, 0.4) is 0 Å². The van der Waals surface area contributed by atoms with Crippen LogP contribution >= 0.6 is 12.2 Å². The first-order chi connectivity index (χ1) is 10.0. The number of hydrogen-bond acceptors (Lipinski definition) is 3. The summed E-state index contributed by atoms with van der Waals surface area (Å²) in [6.45, 7) is 7.86. The molecule has 3 aromatic rings. The van der Waals surface area contributed by atoms with Crippen molar-refractivity contribution in [3.63, 3.8) is 0 Å². The van der Waals surface area contributed by atoms with Crippen molar-refractivity contribution in [1.29, 1.82) is 0 Å². The van der Waals surface area contributed by atoms with E-state index in [0.29, 0.717) is 0 Å². The molecule has 0 atom stereocenters. The summed E-state index contributed by atoms with van der Waals surface area (Å²) in [4.78, 5) is 7.72. The van der Waals surface area contributed by atoms with Crippen LogP contribution in [-0.2, 0) is 13.1 Å². The van der Waals surface area contributed by atoms with Crippen LogP contribution < -0.4 is 0 Å². The minimum absolute atomic E-state index is 0.733. The molecular formula is C15H19N5S. The average Bonchev–Trinajstić information content (AvgIpc) is 2.89. The summed E-state index contributed by atoms with van der Waals surface area (Å²) in [5.41, 5.74) is 5.33. The smallest absolute Gasteiger partial charge is 0.179 e. The second-order valence-electron chi connectivity index (χ2n) is 5.47. The topological polar surface area (TPSA) is 51.4 Å². The van der Waals surface area contributed by atoms with Crippen LogP contribution in [0.25, 0.3) is 11.2 Å². The first kappa shape index (κ1) is 14.0. The van der Waals surface area contributed by atoms with Gasteiger partial charge in [0.25, 0.3) is 0 Å². The summed E-state index contributed by atoms with van der Waals surface area (Å²) >= 11 is 5.40. The molecule has 0 aliphatic heterocycles. The number of aromatic amines is 1. The molecule has 0 aliphatic carbocycles. The molecule has 3 aromatic heterocycles. The fourth-order valence-electron chi connectivity index (χ4n) is 2.64. The predicted octanol–water partition coefficient (Wildman–Crippen LogP) is 3.31. The molecule has 0 bridgehead atoms. The van der Waals surface area contributed by atoms with E-state index in [2.05, 4.69) is 38.7 Å². The lowest BCUT2D eigenvalue weighted by molar-refractivity contribution is 0.518. The number of imidazole rings is 1. The quantitative estimate of drug-likeness (QED) is 0.752. The summed E-state index contributed by atoms with van der Waals surface area (Å²) in [5, 5.41) is 4.48. The molecule has 0 spiro atoms. The molecule has 0 amide bonds. The Labute approximate surface area is 128 Å². The van der Waals surface area contributed by atoms with Gasteiger partial charge in [-0.3, -0.25) is 4.68 Å². The lowest BCUT2D eigenvalue weighted by Gasteiger charge is -2.06. The van der Waals surface area contributed by atoms with Crippen molar-refractivity contribution in [2.24, 2.45) is 0 Å². The molecule has 0 aliphatic rings. The van der Waals surface area contributed by atoms with Gasteiger partial charge in [-0.1, -0.05) is 0 Å². The van der Waals surface area contributed by atoms with Crippen LogP contribution in [0, 0.1) is 25.5 Å². The minimum atomic E-state index is 0.733. The standard InChI is InChI=1S/C15H19N5S/c1-10-7-13-14(16-9-10)19(15(21)17-13)5-4-6-20-12(3)8-11(2)18-20/h7-9H,4-6H2,1-3H3,(H,17,21). The Morgan fingerprint density at radius 3 is 2.71 bits per heavy atom. The number of aromatic nitrogens is 5. The van der Waals surface area contributed by atoms with Gasteiger partial charge in [-0.05, 0) is 57.1 Å². The number of H-pyrrole nitrogens is 1. The van der Waals surface area contributed by atoms with Gasteiger partial charge in [0.05, 0.1) is 11.2 Å². The highest BCUT2D eigenvalue weighted by molar-refractivity contribution is 7.71. The average molecular weight is 301 g/mol. The van der Waals surface area contributed by atoms with Gasteiger partial charge in [0, 0.05) is 25.0 Å². The van der Waals surface area contributed by atoms with E-state index in [1.807, 2.05) is 24.7 Å². The van der Waals surface area contributed by atoms with Crippen molar-refractivity contribution in [1.82, 2.24) is 24.3 Å².